The summed E-state index contributed by atoms with van der Waals surface area (Å²) >= 11 is 31.2. The lowest BCUT2D eigenvalue weighted by molar-refractivity contribution is 0.764. The van der Waals surface area contributed by atoms with Crippen molar-refractivity contribution in [2.24, 2.45) is 0 Å². The first-order valence-corrected chi connectivity index (χ1v) is 10.8. The Balaban J connectivity index is 3.53. The fraction of sp³-hybridized carbons (Fsp3) is 0.500. The van der Waals surface area contributed by atoms with Crippen molar-refractivity contribution in [1.82, 2.24) is 9.55 Å². The fourth-order valence-corrected chi connectivity index (χ4v) is 3.76. The Morgan fingerprint density at radius 2 is 1.29 bits per heavy atom. The SMILES string of the molecule is BrC(Br)(Br)c1cnc(C(Br)(Br)Br)n1C(Br)(Br)Br. The normalized spacial score (nSPS) is 14.2. The van der Waals surface area contributed by atoms with Gasteiger partial charge in [0.15, 0.2) is 4.29 Å². The summed E-state index contributed by atoms with van der Waals surface area (Å²) in [5, 5.41) is 0. The molecule has 0 N–H and O–H groups in total. The van der Waals surface area contributed by atoms with E-state index in [4.69, 9.17) is 0 Å². The van der Waals surface area contributed by atoms with Crippen LogP contribution in [-0.4, -0.2) is 9.55 Å². The van der Waals surface area contributed by atoms with E-state index in [1.807, 2.05) is 4.57 Å². The molecule has 0 saturated heterocycles. The molecule has 0 saturated carbocycles. The van der Waals surface area contributed by atoms with Crippen molar-refractivity contribution in [3.05, 3.63) is 17.7 Å². The first kappa shape index (κ1) is 18.6. The zero-order valence-electron chi connectivity index (χ0n) is 7.37. The molecule has 1 heterocycles. The highest BCUT2D eigenvalue weighted by Crippen LogP contribution is 2.54. The predicted molar refractivity (Wildman–Crippen MR) is 104 cm³/mol. The van der Waals surface area contributed by atoms with Gasteiger partial charge in [-0.05, 0) is 47.8 Å². The molecule has 0 spiro atoms. The summed E-state index contributed by atoms with van der Waals surface area (Å²) in [6, 6.07) is 0. The molecule has 11 heteroatoms. The molecule has 0 bridgehead atoms. The van der Waals surface area contributed by atoms with Gasteiger partial charge in [-0.1, -0.05) is 95.6 Å². The van der Waals surface area contributed by atoms with E-state index < -0.39 is 6.55 Å². The van der Waals surface area contributed by atoms with Crippen LogP contribution in [0.5, 0.6) is 0 Å². The zero-order valence-corrected chi connectivity index (χ0v) is 21.6. The van der Waals surface area contributed by atoms with Crippen molar-refractivity contribution < 1.29 is 0 Å². The molecule has 0 aliphatic carbocycles. The first-order chi connectivity index (χ1) is 7.35. The van der Waals surface area contributed by atoms with Gasteiger partial charge in [0.25, 0.3) is 0 Å². The molecule has 0 atom stereocenters. The van der Waals surface area contributed by atoms with Crippen molar-refractivity contribution in [3.8, 4) is 0 Å². The molecule has 0 aromatic carbocycles. The number of aromatic nitrogens is 2. The van der Waals surface area contributed by atoms with Crippen molar-refractivity contribution in [3.63, 3.8) is 0 Å². The summed E-state index contributed by atoms with van der Waals surface area (Å²) in [7, 11) is 0. The summed E-state index contributed by atoms with van der Waals surface area (Å²) in [6.45, 7) is 0. The van der Waals surface area contributed by atoms with Gasteiger partial charge in [-0.15, -0.1) is 0 Å². The second-order valence-corrected chi connectivity index (χ2v) is 22.9. The third-order valence-corrected chi connectivity index (χ3v) is 4.91. The zero-order chi connectivity index (χ0) is 13.6. The second-order valence-electron chi connectivity index (χ2n) is 2.77. The van der Waals surface area contributed by atoms with Crippen molar-refractivity contribution in [2.75, 3.05) is 0 Å². The van der Waals surface area contributed by atoms with E-state index in [-0.39, 0.29) is 0 Å². The van der Waals surface area contributed by atoms with Crippen LogP contribution in [0.2, 0.25) is 0 Å². The highest BCUT2D eigenvalue weighted by atomic mass is 80.0. The monoisotopic (exact) mass is 811 g/mol. The highest BCUT2D eigenvalue weighted by Gasteiger charge is 2.39. The molecular formula is C6HBr9N2. The Morgan fingerprint density at radius 3 is 1.59 bits per heavy atom. The van der Waals surface area contributed by atoms with Gasteiger partial charge >= 0.3 is 0 Å². The summed E-state index contributed by atoms with van der Waals surface area (Å²) in [6.07, 6.45) is 1.73. The number of hydrogen-bond acceptors (Lipinski definition) is 1. The van der Waals surface area contributed by atoms with Crippen molar-refractivity contribution in [2.45, 2.75) is 6.55 Å². The fourth-order valence-electron chi connectivity index (χ4n) is 1.01. The molecule has 1 aromatic heterocycles. The van der Waals surface area contributed by atoms with Crippen LogP contribution in [0.25, 0.3) is 0 Å². The molecule has 17 heavy (non-hydrogen) atoms. The standard InChI is InChI=1S/C6HBr9N2/c7-4(8,9)2-1-16-3(5(10,11)12)17(2)6(13,14)15/h1H. The van der Waals surface area contributed by atoms with Gasteiger partial charge in [-0.2, -0.15) is 0 Å². The van der Waals surface area contributed by atoms with Crippen LogP contribution >= 0.6 is 143 Å². The summed E-state index contributed by atoms with van der Waals surface area (Å²) in [5.41, 5.74) is 0.834. The van der Waals surface area contributed by atoms with E-state index in [0.29, 0.717) is 5.82 Å². The van der Waals surface area contributed by atoms with Crippen LogP contribution in [0.15, 0.2) is 6.20 Å². The quantitative estimate of drug-likeness (QED) is 0.253. The van der Waals surface area contributed by atoms with Crippen molar-refractivity contribution in [1.29, 1.82) is 0 Å². The summed E-state index contributed by atoms with van der Waals surface area (Å²) < 4.78 is -0.0140. The third-order valence-electron chi connectivity index (χ3n) is 1.56. The van der Waals surface area contributed by atoms with E-state index >= 15 is 0 Å². The number of halogens is 9. The van der Waals surface area contributed by atoms with Crippen LogP contribution in [0, 0.1) is 0 Å². The third kappa shape index (κ3) is 5.03. The van der Waals surface area contributed by atoms with Gasteiger partial charge in [0, 0.05) is 0 Å². The van der Waals surface area contributed by atoms with Gasteiger partial charge in [0.2, 0.25) is 2.27 Å². The lowest BCUT2D eigenvalue weighted by atomic mass is 10.5. The van der Waals surface area contributed by atoms with Gasteiger partial charge in [-0.25, -0.2) is 4.98 Å². The van der Waals surface area contributed by atoms with Crippen molar-refractivity contribution >= 4 is 143 Å². The number of imidazole rings is 1. The van der Waals surface area contributed by atoms with E-state index in [2.05, 4.69) is 148 Å². The lowest BCUT2D eigenvalue weighted by Gasteiger charge is -2.26. The average molecular weight is 820 g/mol. The minimum Gasteiger partial charge on any atom is -0.292 e. The Bertz CT molecular complexity index is 375. The minimum absolute atomic E-state index is 0.586. The molecule has 0 unspecified atom stereocenters. The molecule has 0 fully saturated rings. The van der Waals surface area contributed by atoms with Crippen LogP contribution < -0.4 is 0 Å². The number of nitrogens with zero attached hydrogens (tertiary/aromatic N) is 2. The predicted octanol–water partition coefficient (Wildman–Crippen LogP) is 7.23. The van der Waals surface area contributed by atoms with E-state index in [9.17, 15) is 0 Å². The molecular weight excluding hydrogens is 819 g/mol. The Labute approximate surface area is 174 Å². The van der Waals surface area contributed by atoms with Crippen LogP contribution in [0.1, 0.15) is 11.5 Å². The molecule has 0 aliphatic heterocycles. The van der Waals surface area contributed by atoms with Gasteiger partial charge in [0.1, 0.15) is 5.82 Å². The first-order valence-electron chi connectivity index (χ1n) is 3.64. The molecule has 1 rings (SSSR count). The number of rotatable bonds is 0. The molecule has 98 valence electrons. The topological polar surface area (TPSA) is 17.8 Å². The van der Waals surface area contributed by atoms with Gasteiger partial charge in [-0.3, -0.25) is 4.57 Å². The molecule has 0 radical (unpaired) electrons. The minimum atomic E-state index is -0.671. The average Bonchev–Trinajstić information content (AvgIpc) is 2.42. The van der Waals surface area contributed by atoms with Crippen LogP contribution in [0.4, 0.5) is 0 Å². The summed E-state index contributed by atoms with van der Waals surface area (Å²) in [5.74, 6) is 0.695. The molecule has 0 aliphatic rings. The maximum Gasteiger partial charge on any atom is 0.212 e. The lowest BCUT2D eigenvalue weighted by Crippen LogP contribution is -2.23. The molecule has 1 aromatic rings. The molecule has 0 amide bonds. The maximum atomic E-state index is 4.36. The van der Waals surface area contributed by atoms with Gasteiger partial charge in [0.05, 0.1) is 11.9 Å². The summed E-state index contributed by atoms with van der Waals surface area (Å²) in [4.78, 5) is 4.36. The maximum absolute atomic E-state index is 4.36. The Morgan fingerprint density at radius 1 is 0.824 bits per heavy atom. The number of alkyl halides is 9. The second kappa shape index (κ2) is 6.34. The van der Waals surface area contributed by atoms with Gasteiger partial charge < -0.3 is 0 Å². The molecule has 2 nitrogen and oxygen atoms in total. The van der Waals surface area contributed by atoms with E-state index in [1.165, 1.54) is 0 Å². The smallest absolute Gasteiger partial charge is 0.212 e. The highest BCUT2D eigenvalue weighted by molar-refractivity contribution is 9.39. The number of hydrogen-bond donors (Lipinski definition) is 0. The van der Waals surface area contributed by atoms with E-state index in [0.717, 1.165) is 5.69 Å². The van der Waals surface area contributed by atoms with Crippen LogP contribution in [0.3, 0.4) is 0 Å². The largest absolute Gasteiger partial charge is 0.292 e. The Hall–Kier alpha value is 3.53. The van der Waals surface area contributed by atoms with E-state index in [1.54, 1.807) is 6.20 Å². The van der Waals surface area contributed by atoms with Crippen LogP contribution in [-0.2, 0) is 6.55 Å². The Kier molecular flexibility index (Phi) is 6.93.